The predicted molar refractivity (Wildman–Crippen MR) is 133 cm³/mol. The number of pyridine rings is 1. The van der Waals surface area contributed by atoms with Crippen LogP contribution in [0.3, 0.4) is 0 Å². The van der Waals surface area contributed by atoms with E-state index >= 15 is 0 Å². The first-order valence-electron chi connectivity index (χ1n) is 11.1. The van der Waals surface area contributed by atoms with Gasteiger partial charge in [-0.3, -0.25) is 4.57 Å². The summed E-state index contributed by atoms with van der Waals surface area (Å²) >= 11 is 0. The van der Waals surface area contributed by atoms with Crippen molar-refractivity contribution in [2.45, 2.75) is 38.0 Å². The molecule has 0 amide bonds. The number of methoxy groups -OCH3 is 1. The molecule has 0 aliphatic heterocycles. The van der Waals surface area contributed by atoms with Gasteiger partial charge in [-0.2, -0.15) is 9.38 Å². The Hall–Kier alpha value is -3.58. The lowest BCUT2D eigenvalue weighted by atomic mass is 10.3. The van der Waals surface area contributed by atoms with E-state index < -0.39 is 15.3 Å². The molecule has 3 aromatic heterocycles. The lowest BCUT2D eigenvalue weighted by Gasteiger charge is -2.13. The van der Waals surface area contributed by atoms with Gasteiger partial charge in [0, 0.05) is 31.6 Å². The second-order valence-corrected chi connectivity index (χ2v) is 10.1. The molecule has 35 heavy (non-hydrogen) atoms. The molecule has 186 valence electrons. The first-order valence-corrected chi connectivity index (χ1v) is 12.6. The molecule has 3 N–H and O–H groups in total. The Balaban J connectivity index is 1.57. The van der Waals surface area contributed by atoms with Crippen molar-refractivity contribution in [1.29, 1.82) is 0 Å². The van der Waals surface area contributed by atoms with E-state index in [0.717, 1.165) is 5.52 Å². The van der Waals surface area contributed by atoms with Crippen LogP contribution in [0.5, 0.6) is 6.01 Å². The Kier molecular flexibility index (Phi) is 7.26. The smallest absolute Gasteiger partial charge is 0.297 e. The number of rotatable bonds is 11. The molecule has 4 rings (SSSR count). The van der Waals surface area contributed by atoms with Gasteiger partial charge in [0.15, 0.2) is 5.82 Å². The van der Waals surface area contributed by atoms with Gasteiger partial charge in [-0.25, -0.2) is 23.4 Å². The van der Waals surface area contributed by atoms with Crippen LogP contribution in [0.25, 0.3) is 16.6 Å². The highest BCUT2D eigenvalue weighted by atomic mass is 32.2. The van der Waals surface area contributed by atoms with E-state index in [1.807, 2.05) is 24.5 Å². The summed E-state index contributed by atoms with van der Waals surface area (Å²) in [6.07, 6.45) is 6.86. The van der Waals surface area contributed by atoms with E-state index in [9.17, 15) is 8.42 Å². The third kappa shape index (κ3) is 5.74. The molecule has 0 atom stereocenters. The van der Waals surface area contributed by atoms with Crippen LogP contribution in [-0.2, 0) is 14.8 Å². The highest BCUT2D eigenvalue weighted by molar-refractivity contribution is 7.91. The molecule has 12 nitrogen and oxygen atoms in total. The quantitative estimate of drug-likeness (QED) is 0.296. The van der Waals surface area contributed by atoms with Crippen LogP contribution < -0.4 is 15.8 Å². The number of ether oxygens (including phenoxy) is 2. The molecule has 1 aliphatic carbocycles. The second-order valence-electron chi connectivity index (χ2n) is 8.22. The largest absolute Gasteiger partial charge is 0.462 e. The molecular formula is C22H28N8O4S. The van der Waals surface area contributed by atoms with Gasteiger partial charge in [-0.15, -0.1) is 0 Å². The van der Waals surface area contributed by atoms with Gasteiger partial charge in [0.25, 0.3) is 16.0 Å². The van der Waals surface area contributed by atoms with E-state index in [2.05, 4.69) is 29.7 Å². The number of nitrogens with one attached hydrogen (secondary N) is 1. The summed E-state index contributed by atoms with van der Waals surface area (Å²) in [5.41, 5.74) is 7.52. The topological polar surface area (TPSA) is 160 Å². The van der Waals surface area contributed by atoms with Crippen molar-refractivity contribution in [3.8, 4) is 6.01 Å². The zero-order valence-corrected chi connectivity index (χ0v) is 20.6. The van der Waals surface area contributed by atoms with Crippen molar-refractivity contribution in [3.05, 3.63) is 36.6 Å². The summed E-state index contributed by atoms with van der Waals surface area (Å²) < 4.78 is 40.7. The van der Waals surface area contributed by atoms with Gasteiger partial charge in [0.05, 0.1) is 35.4 Å². The molecule has 3 aromatic rings. The molecule has 1 fully saturated rings. The average molecular weight is 501 g/mol. The fourth-order valence-corrected chi connectivity index (χ4v) is 4.48. The van der Waals surface area contributed by atoms with E-state index in [-0.39, 0.29) is 17.4 Å². The number of hydrogen-bond acceptors (Lipinski definition) is 10. The number of sulfonamides is 1. The molecule has 0 aromatic carbocycles. The van der Waals surface area contributed by atoms with Crippen molar-refractivity contribution in [3.63, 3.8) is 0 Å². The van der Waals surface area contributed by atoms with Gasteiger partial charge in [0.2, 0.25) is 0 Å². The first kappa shape index (κ1) is 24.5. The molecule has 0 bridgehead atoms. The van der Waals surface area contributed by atoms with Crippen LogP contribution in [0.15, 0.2) is 35.1 Å². The minimum absolute atomic E-state index is 0.0990. The first-order chi connectivity index (χ1) is 16.8. The predicted octanol–water partition coefficient (Wildman–Crippen LogP) is 2.43. The normalized spacial score (nSPS) is 14.8. The van der Waals surface area contributed by atoms with Crippen molar-refractivity contribution >= 4 is 44.5 Å². The van der Waals surface area contributed by atoms with Gasteiger partial charge < -0.3 is 20.5 Å². The summed E-state index contributed by atoms with van der Waals surface area (Å²) in [7, 11) is -1.91. The number of hydrogen-bond donors (Lipinski definition) is 2. The van der Waals surface area contributed by atoms with Crippen LogP contribution in [0.1, 0.15) is 38.6 Å². The van der Waals surface area contributed by atoms with Crippen molar-refractivity contribution < 1.29 is 17.9 Å². The van der Waals surface area contributed by atoms with Crippen LogP contribution >= 0.6 is 0 Å². The third-order valence-corrected chi connectivity index (χ3v) is 6.93. The highest BCUT2D eigenvalue weighted by Gasteiger charge is 2.35. The maximum absolute atomic E-state index is 12.1. The lowest BCUT2D eigenvalue weighted by molar-refractivity contribution is 0.137. The third-order valence-electron chi connectivity index (χ3n) is 5.21. The molecular weight excluding hydrogens is 472 g/mol. The van der Waals surface area contributed by atoms with E-state index in [0.29, 0.717) is 49.2 Å². The van der Waals surface area contributed by atoms with Gasteiger partial charge in [0.1, 0.15) is 23.8 Å². The Bertz CT molecular complexity index is 1360. The van der Waals surface area contributed by atoms with Crippen molar-refractivity contribution in [2.75, 3.05) is 25.6 Å². The summed E-state index contributed by atoms with van der Waals surface area (Å²) in [4.78, 5) is 17.6. The number of imidazole rings is 1. The minimum atomic E-state index is -3.53. The number of aromatic nitrogens is 5. The number of nitrogens with zero attached hydrogens (tertiary/aromatic N) is 6. The zero-order valence-electron chi connectivity index (χ0n) is 19.7. The minimum Gasteiger partial charge on any atom is -0.462 e. The zero-order chi connectivity index (χ0) is 25.0. The fraction of sp³-hybridized carbons (Fsp3) is 0.409. The van der Waals surface area contributed by atoms with Gasteiger partial charge in [-0.1, -0.05) is 0 Å². The van der Waals surface area contributed by atoms with Crippen LogP contribution in [-0.4, -0.2) is 64.7 Å². The van der Waals surface area contributed by atoms with E-state index in [4.69, 9.17) is 15.2 Å². The molecule has 13 heteroatoms. The molecule has 0 radical (unpaired) electrons. The Morgan fingerprint density at radius 2 is 2.09 bits per heavy atom. The number of fused-ring (bicyclic) bond motifs is 1. The number of allylic oxidation sites excluding steroid dienone is 1. The monoisotopic (exact) mass is 500 g/mol. The van der Waals surface area contributed by atoms with Gasteiger partial charge >= 0.3 is 0 Å². The fourth-order valence-electron chi connectivity index (χ4n) is 3.32. The van der Waals surface area contributed by atoms with E-state index in [1.165, 1.54) is 18.6 Å². The maximum Gasteiger partial charge on any atom is 0.297 e. The molecule has 0 unspecified atom stereocenters. The maximum atomic E-state index is 12.1. The molecule has 0 spiro atoms. The summed E-state index contributed by atoms with van der Waals surface area (Å²) in [6, 6.07) is 4.12. The average Bonchev–Trinajstić information content (AvgIpc) is 3.62. The Morgan fingerprint density at radius 1 is 1.29 bits per heavy atom. The van der Waals surface area contributed by atoms with Crippen LogP contribution in [0, 0.1) is 0 Å². The van der Waals surface area contributed by atoms with Crippen LogP contribution in [0.4, 0.5) is 11.6 Å². The summed E-state index contributed by atoms with van der Waals surface area (Å²) in [6.45, 7) is 4.93. The van der Waals surface area contributed by atoms with Crippen LogP contribution in [0.2, 0.25) is 0 Å². The number of anilines is 2. The number of nitrogens with two attached hydrogens (primary N) is 1. The SMILES string of the molecule is COCCOc1nc2cnc(Nc3ccnc(C(C=NS(=O)(=O)C4CC4)=CN)n3)cc2n1C(C)C. The summed E-state index contributed by atoms with van der Waals surface area (Å²) in [5, 5.41) is 2.74. The van der Waals surface area contributed by atoms with Gasteiger partial charge in [-0.05, 0) is 32.8 Å². The lowest BCUT2D eigenvalue weighted by Crippen LogP contribution is -2.10. The molecule has 1 aliphatic rings. The molecule has 0 saturated heterocycles. The molecule has 1 saturated carbocycles. The standard InChI is InChI=1S/C22H28N8O4S/c1-14(2)30-18-10-20(25-13-17(18)27-22(30)34-9-8-33-3)28-19-6-7-24-21(29-19)15(11-23)12-26-35(31,32)16-4-5-16/h6-7,10-14,16H,4-5,8-9,23H2,1-3H3,(H,24,25,28,29). The molecule has 3 heterocycles. The second kappa shape index (κ2) is 10.4. The summed E-state index contributed by atoms with van der Waals surface area (Å²) in [5.74, 6) is 1.22. The van der Waals surface area contributed by atoms with Crippen molar-refractivity contribution in [2.24, 2.45) is 10.1 Å². The Morgan fingerprint density at radius 3 is 2.77 bits per heavy atom. The highest BCUT2D eigenvalue weighted by Crippen LogP contribution is 2.30. The Labute approximate surface area is 203 Å². The van der Waals surface area contributed by atoms with Crippen molar-refractivity contribution in [1.82, 2.24) is 24.5 Å². The van der Waals surface area contributed by atoms with E-state index in [1.54, 1.807) is 19.4 Å².